The van der Waals surface area contributed by atoms with Crippen LogP contribution in [-0.4, -0.2) is 60.1 Å². The summed E-state index contributed by atoms with van der Waals surface area (Å²) >= 11 is 0. The van der Waals surface area contributed by atoms with E-state index in [-0.39, 0.29) is 10.6 Å². The Kier molecular flexibility index (Phi) is 5.32. The van der Waals surface area contributed by atoms with Gasteiger partial charge in [0.05, 0.1) is 4.92 Å². The van der Waals surface area contributed by atoms with Gasteiger partial charge >= 0.3 is 0 Å². The van der Waals surface area contributed by atoms with E-state index in [2.05, 4.69) is 26.8 Å². The van der Waals surface area contributed by atoms with E-state index in [9.17, 15) is 10.1 Å². The van der Waals surface area contributed by atoms with Crippen molar-refractivity contribution >= 4 is 17.3 Å². The van der Waals surface area contributed by atoms with Crippen LogP contribution >= 0.6 is 0 Å². The second kappa shape index (κ2) is 7.65. The first-order valence-electron chi connectivity index (χ1n) is 8.62. The number of anilines is 2. The van der Waals surface area contributed by atoms with Crippen LogP contribution in [0, 0.1) is 10.1 Å². The molecule has 1 aromatic carbocycles. The average Bonchev–Trinajstić information content (AvgIpc) is 3.09. The summed E-state index contributed by atoms with van der Waals surface area (Å²) in [6, 6.07) is 9.23. The fourth-order valence-electron chi connectivity index (χ4n) is 3.26. The Hall–Kier alpha value is -2.74. The molecule has 1 aliphatic rings. The molecule has 0 N–H and O–H groups in total. The zero-order chi connectivity index (χ0) is 18.7. The third kappa shape index (κ3) is 4.08. The number of non-ortho nitro benzene ring substituents is 1. The van der Waals surface area contributed by atoms with Gasteiger partial charge in [0.1, 0.15) is 18.0 Å². The molecule has 3 rings (SSSR count). The van der Waals surface area contributed by atoms with Crippen LogP contribution in [0.4, 0.5) is 17.3 Å². The minimum absolute atomic E-state index is 0.146. The zero-order valence-corrected chi connectivity index (χ0v) is 15.4. The summed E-state index contributed by atoms with van der Waals surface area (Å²) < 4.78 is 0. The predicted octanol–water partition coefficient (Wildman–Crippen LogP) is 2.16. The van der Waals surface area contributed by atoms with E-state index in [1.54, 1.807) is 18.5 Å². The van der Waals surface area contributed by atoms with Crippen LogP contribution in [-0.2, 0) is 6.54 Å². The summed E-state index contributed by atoms with van der Waals surface area (Å²) in [6.45, 7) is 2.59. The third-order valence-corrected chi connectivity index (χ3v) is 4.78. The summed E-state index contributed by atoms with van der Waals surface area (Å²) in [5.41, 5.74) is 1.12. The number of hydrogen-bond acceptors (Lipinski definition) is 7. The summed E-state index contributed by atoms with van der Waals surface area (Å²) in [6.07, 6.45) is 2.63. The van der Waals surface area contributed by atoms with Gasteiger partial charge in [-0.15, -0.1) is 0 Å². The molecule has 2 heterocycles. The van der Waals surface area contributed by atoms with Crippen LogP contribution in [0.2, 0.25) is 0 Å². The minimum Gasteiger partial charge on any atom is -0.363 e. The fraction of sp³-hybridized carbons (Fsp3) is 0.444. The Bertz CT molecular complexity index is 782. The molecule has 26 heavy (non-hydrogen) atoms. The third-order valence-electron chi connectivity index (χ3n) is 4.78. The van der Waals surface area contributed by atoms with E-state index < -0.39 is 0 Å². The zero-order valence-electron chi connectivity index (χ0n) is 15.4. The van der Waals surface area contributed by atoms with E-state index in [1.807, 2.05) is 31.1 Å². The number of hydrogen-bond donors (Lipinski definition) is 0. The monoisotopic (exact) mass is 356 g/mol. The lowest BCUT2D eigenvalue weighted by Crippen LogP contribution is -2.35. The molecular formula is C18H24N6O2. The molecule has 138 valence electrons. The van der Waals surface area contributed by atoms with Crippen LogP contribution in [0.3, 0.4) is 0 Å². The van der Waals surface area contributed by atoms with Gasteiger partial charge in [-0.25, -0.2) is 9.97 Å². The maximum absolute atomic E-state index is 10.9. The molecule has 1 atom stereocenters. The smallest absolute Gasteiger partial charge is 0.269 e. The fourth-order valence-corrected chi connectivity index (χ4v) is 3.26. The van der Waals surface area contributed by atoms with Crippen molar-refractivity contribution in [1.29, 1.82) is 0 Å². The van der Waals surface area contributed by atoms with Crippen molar-refractivity contribution in [3.63, 3.8) is 0 Å². The Morgan fingerprint density at radius 1 is 1.23 bits per heavy atom. The first kappa shape index (κ1) is 18.1. The predicted molar refractivity (Wildman–Crippen MR) is 102 cm³/mol. The van der Waals surface area contributed by atoms with E-state index >= 15 is 0 Å². The molecule has 0 spiro atoms. The first-order valence-corrected chi connectivity index (χ1v) is 8.62. The maximum Gasteiger partial charge on any atom is 0.269 e. The Balaban J connectivity index is 1.64. The van der Waals surface area contributed by atoms with Crippen LogP contribution in [0.25, 0.3) is 0 Å². The molecule has 1 unspecified atom stereocenters. The van der Waals surface area contributed by atoms with E-state index in [4.69, 9.17) is 0 Å². The topological polar surface area (TPSA) is 78.6 Å². The van der Waals surface area contributed by atoms with Crippen molar-refractivity contribution in [2.24, 2.45) is 0 Å². The Morgan fingerprint density at radius 2 is 2.00 bits per heavy atom. The number of nitro groups is 1. The van der Waals surface area contributed by atoms with Gasteiger partial charge < -0.3 is 9.80 Å². The lowest BCUT2D eigenvalue weighted by atomic mass is 10.2. The van der Waals surface area contributed by atoms with Gasteiger partial charge in [-0.1, -0.05) is 12.1 Å². The quantitative estimate of drug-likeness (QED) is 0.580. The highest BCUT2D eigenvalue weighted by Gasteiger charge is 2.27. The number of likely N-dealkylation sites (tertiary alicyclic amines) is 1. The number of rotatable bonds is 6. The molecule has 1 saturated heterocycles. The van der Waals surface area contributed by atoms with Gasteiger partial charge in [0.15, 0.2) is 0 Å². The lowest BCUT2D eigenvalue weighted by Gasteiger charge is -2.26. The van der Waals surface area contributed by atoms with Crippen LogP contribution in [0.15, 0.2) is 36.7 Å². The molecule has 0 radical (unpaired) electrons. The molecule has 8 heteroatoms. The Labute approximate surface area is 153 Å². The SMILES string of the molecule is CN(C)c1cc(N(C)C2CCN(Cc3cccc([N+](=O)[O-])c3)C2)ncn1. The molecule has 0 amide bonds. The summed E-state index contributed by atoms with van der Waals surface area (Å²) in [4.78, 5) is 25.7. The molecule has 0 bridgehead atoms. The highest BCUT2D eigenvalue weighted by atomic mass is 16.6. The van der Waals surface area contributed by atoms with Gasteiger partial charge in [-0.05, 0) is 12.0 Å². The van der Waals surface area contributed by atoms with Crippen molar-refractivity contribution < 1.29 is 4.92 Å². The number of nitro benzene ring substituents is 1. The molecule has 1 aliphatic heterocycles. The average molecular weight is 356 g/mol. The van der Waals surface area contributed by atoms with Crippen molar-refractivity contribution in [3.8, 4) is 0 Å². The molecule has 0 aliphatic carbocycles. The standard InChI is InChI=1S/C18H24N6O2/c1-21(2)17-10-18(20-13-19-17)22(3)16-7-8-23(12-16)11-14-5-4-6-15(9-14)24(25)26/h4-6,9-10,13,16H,7-8,11-12H2,1-3H3. The molecular weight excluding hydrogens is 332 g/mol. The highest BCUT2D eigenvalue weighted by Crippen LogP contribution is 2.23. The molecule has 1 fully saturated rings. The van der Waals surface area contributed by atoms with E-state index in [1.165, 1.54) is 6.07 Å². The van der Waals surface area contributed by atoms with Crippen LogP contribution in [0.1, 0.15) is 12.0 Å². The molecule has 0 saturated carbocycles. The first-order chi connectivity index (χ1) is 12.4. The maximum atomic E-state index is 10.9. The largest absolute Gasteiger partial charge is 0.363 e. The van der Waals surface area contributed by atoms with Crippen molar-refractivity contribution in [2.45, 2.75) is 19.0 Å². The van der Waals surface area contributed by atoms with Gasteiger partial charge in [-0.3, -0.25) is 15.0 Å². The summed E-state index contributed by atoms with van der Waals surface area (Å²) in [5.74, 6) is 1.79. The second-order valence-corrected chi connectivity index (χ2v) is 6.84. The highest BCUT2D eigenvalue weighted by molar-refractivity contribution is 5.49. The van der Waals surface area contributed by atoms with E-state index in [0.29, 0.717) is 6.04 Å². The number of benzene rings is 1. The Morgan fingerprint density at radius 3 is 2.73 bits per heavy atom. The van der Waals surface area contributed by atoms with Gasteiger partial charge in [-0.2, -0.15) is 0 Å². The van der Waals surface area contributed by atoms with Crippen molar-refractivity contribution in [2.75, 3.05) is 44.0 Å². The summed E-state index contributed by atoms with van der Waals surface area (Å²) in [5, 5.41) is 10.9. The van der Waals surface area contributed by atoms with Crippen molar-refractivity contribution in [1.82, 2.24) is 14.9 Å². The van der Waals surface area contributed by atoms with Crippen LogP contribution in [0.5, 0.6) is 0 Å². The van der Waals surface area contributed by atoms with Gasteiger partial charge in [0.25, 0.3) is 5.69 Å². The van der Waals surface area contributed by atoms with Gasteiger partial charge in [0, 0.05) is 65.0 Å². The van der Waals surface area contributed by atoms with Gasteiger partial charge in [0.2, 0.25) is 0 Å². The second-order valence-electron chi connectivity index (χ2n) is 6.84. The number of nitrogens with zero attached hydrogens (tertiary/aromatic N) is 6. The van der Waals surface area contributed by atoms with Crippen molar-refractivity contribution in [3.05, 3.63) is 52.3 Å². The number of aromatic nitrogens is 2. The van der Waals surface area contributed by atoms with E-state index in [0.717, 1.165) is 43.3 Å². The molecule has 1 aromatic heterocycles. The minimum atomic E-state index is -0.346. The lowest BCUT2D eigenvalue weighted by molar-refractivity contribution is -0.384. The molecule has 2 aromatic rings. The molecule has 8 nitrogen and oxygen atoms in total. The normalized spacial score (nSPS) is 17.3. The number of likely N-dealkylation sites (N-methyl/N-ethyl adjacent to an activating group) is 1. The van der Waals surface area contributed by atoms with Crippen LogP contribution < -0.4 is 9.80 Å². The summed E-state index contributed by atoms with van der Waals surface area (Å²) in [7, 11) is 5.98.